The number of carbonyl (C=O) groups excluding carboxylic acids is 2. The summed E-state index contributed by atoms with van der Waals surface area (Å²) < 4.78 is 10.2. The average molecular weight is 342 g/mol. The Kier molecular flexibility index (Phi) is 6.39. The predicted octanol–water partition coefficient (Wildman–Crippen LogP) is 2.49. The molecule has 6 heteroatoms. The number of carbonyl (C=O) groups is 2. The second-order valence-corrected chi connectivity index (χ2v) is 5.35. The van der Waals surface area contributed by atoms with Gasteiger partial charge in [-0.15, -0.1) is 0 Å². The first-order chi connectivity index (χ1) is 12.0. The van der Waals surface area contributed by atoms with Crippen molar-refractivity contribution in [2.24, 2.45) is 0 Å². The van der Waals surface area contributed by atoms with Crippen LogP contribution in [-0.4, -0.2) is 39.1 Å². The maximum absolute atomic E-state index is 12.1. The number of nitrogens with one attached hydrogen (secondary N) is 1. The van der Waals surface area contributed by atoms with Crippen LogP contribution in [0.4, 0.5) is 5.69 Å². The third kappa shape index (κ3) is 4.97. The topological polar surface area (TPSA) is 67.9 Å². The largest absolute Gasteiger partial charge is 0.497 e. The van der Waals surface area contributed by atoms with E-state index < -0.39 is 0 Å². The molecule has 0 saturated heterocycles. The van der Waals surface area contributed by atoms with Crippen LogP contribution in [0.25, 0.3) is 0 Å². The molecule has 0 heterocycles. The average Bonchev–Trinajstić information content (AvgIpc) is 2.65. The van der Waals surface area contributed by atoms with Crippen LogP contribution >= 0.6 is 0 Å². The standard InChI is InChI=1S/C19H22N2O4/c1-14(22)21(16-6-10-18(25-3)11-7-16)13-12-20-19(23)15-4-8-17(24-2)9-5-15/h4-11H,12-13H2,1-3H3,(H,20,23). The van der Waals surface area contributed by atoms with Gasteiger partial charge < -0.3 is 19.7 Å². The molecule has 0 saturated carbocycles. The van der Waals surface area contributed by atoms with E-state index in [4.69, 9.17) is 9.47 Å². The lowest BCUT2D eigenvalue weighted by Gasteiger charge is -2.21. The van der Waals surface area contributed by atoms with Gasteiger partial charge >= 0.3 is 0 Å². The third-order valence-electron chi connectivity index (χ3n) is 3.74. The van der Waals surface area contributed by atoms with Crippen LogP contribution in [0.15, 0.2) is 48.5 Å². The van der Waals surface area contributed by atoms with Gasteiger partial charge in [0.05, 0.1) is 14.2 Å². The number of amides is 2. The lowest BCUT2D eigenvalue weighted by atomic mass is 10.2. The molecule has 2 amide bonds. The monoisotopic (exact) mass is 342 g/mol. The molecule has 1 N–H and O–H groups in total. The first kappa shape index (κ1) is 18.3. The molecule has 0 aliphatic carbocycles. The fourth-order valence-corrected chi connectivity index (χ4v) is 2.36. The van der Waals surface area contributed by atoms with Crippen molar-refractivity contribution < 1.29 is 19.1 Å². The lowest BCUT2D eigenvalue weighted by molar-refractivity contribution is -0.116. The molecule has 0 radical (unpaired) electrons. The summed E-state index contributed by atoms with van der Waals surface area (Å²) in [6.07, 6.45) is 0. The number of rotatable bonds is 7. The van der Waals surface area contributed by atoms with E-state index in [1.54, 1.807) is 55.5 Å². The van der Waals surface area contributed by atoms with Crippen molar-refractivity contribution in [1.82, 2.24) is 5.32 Å². The molecule has 0 spiro atoms. The van der Waals surface area contributed by atoms with Crippen molar-refractivity contribution in [3.8, 4) is 11.5 Å². The Morgan fingerprint density at radius 3 is 1.92 bits per heavy atom. The van der Waals surface area contributed by atoms with Crippen LogP contribution in [0.2, 0.25) is 0 Å². The smallest absolute Gasteiger partial charge is 0.251 e. The van der Waals surface area contributed by atoms with Gasteiger partial charge in [-0.1, -0.05) is 0 Å². The second kappa shape index (κ2) is 8.73. The minimum absolute atomic E-state index is 0.0936. The minimum atomic E-state index is -0.194. The van der Waals surface area contributed by atoms with Gasteiger partial charge in [0, 0.05) is 31.3 Å². The van der Waals surface area contributed by atoms with Crippen molar-refractivity contribution in [3.63, 3.8) is 0 Å². The van der Waals surface area contributed by atoms with E-state index in [-0.39, 0.29) is 11.8 Å². The maximum atomic E-state index is 12.1. The van der Waals surface area contributed by atoms with Crippen LogP contribution in [0.5, 0.6) is 11.5 Å². The summed E-state index contributed by atoms with van der Waals surface area (Å²) in [6, 6.07) is 14.1. The highest BCUT2D eigenvalue weighted by Gasteiger charge is 2.12. The Morgan fingerprint density at radius 1 is 0.920 bits per heavy atom. The molecule has 132 valence electrons. The number of benzene rings is 2. The molecular formula is C19H22N2O4. The molecule has 0 fully saturated rings. The van der Waals surface area contributed by atoms with E-state index in [0.29, 0.717) is 24.4 Å². The molecule has 6 nitrogen and oxygen atoms in total. The number of methoxy groups -OCH3 is 2. The molecule has 0 aliphatic heterocycles. The number of hydrogen-bond acceptors (Lipinski definition) is 4. The first-order valence-electron chi connectivity index (χ1n) is 7.89. The van der Waals surface area contributed by atoms with E-state index in [1.165, 1.54) is 6.92 Å². The molecular weight excluding hydrogens is 320 g/mol. The first-order valence-corrected chi connectivity index (χ1v) is 7.89. The van der Waals surface area contributed by atoms with Crippen molar-refractivity contribution in [3.05, 3.63) is 54.1 Å². The van der Waals surface area contributed by atoms with Crippen molar-refractivity contribution in [1.29, 1.82) is 0 Å². The molecule has 2 aromatic rings. The normalized spacial score (nSPS) is 10.0. The zero-order chi connectivity index (χ0) is 18.2. The summed E-state index contributed by atoms with van der Waals surface area (Å²) in [5, 5.41) is 2.82. The Balaban J connectivity index is 1.94. The highest BCUT2D eigenvalue weighted by Crippen LogP contribution is 2.19. The van der Waals surface area contributed by atoms with Gasteiger partial charge in [-0.3, -0.25) is 9.59 Å². The zero-order valence-corrected chi connectivity index (χ0v) is 14.6. The summed E-state index contributed by atoms with van der Waals surface area (Å²) in [5.41, 5.74) is 1.30. The summed E-state index contributed by atoms with van der Waals surface area (Å²) in [7, 11) is 3.16. The SMILES string of the molecule is COc1ccc(C(=O)NCCN(C(C)=O)c2ccc(OC)cc2)cc1. The fraction of sp³-hybridized carbons (Fsp3) is 0.263. The van der Waals surface area contributed by atoms with E-state index in [9.17, 15) is 9.59 Å². The number of ether oxygens (including phenoxy) is 2. The molecule has 2 rings (SSSR count). The molecule has 2 aromatic carbocycles. The Morgan fingerprint density at radius 2 is 1.44 bits per heavy atom. The van der Waals surface area contributed by atoms with Crippen molar-refractivity contribution >= 4 is 17.5 Å². The molecule has 0 atom stereocenters. The van der Waals surface area contributed by atoms with Gasteiger partial charge in [0.2, 0.25) is 5.91 Å². The van der Waals surface area contributed by atoms with E-state index in [1.807, 2.05) is 12.1 Å². The molecule has 0 unspecified atom stereocenters. The van der Waals surface area contributed by atoms with Crippen LogP contribution in [-0.2, 0) is 4.79 Å². The van der Waals surface area contributed by atoms with Crippen LogP contribution < -0.4 is 19.7 Å². The Hall–Kier alpha value is -3.02. The van der Waals surface area contributed by atoms with Gasteiger partial charge in [0.15, 0.2) is 0 Å². The van der Waals surface area contributed by atoms with Crippen molar-refractivity contribution in [2.45, 2.75) is 6.92 Å². The maximum Gasteiger partial charge on any atom is 0.251 e. The summed E-state index contributed by atoms with van der Waals surface area (Å²) in [4.78, 5) is 25.6. The minimum Gasteiger partial charge on any atom is -0.497 e. The highest BCUT2D eigenvalue weighted by atomic mass is 16.5. The third-order valence-corrected chi connectivity index (χ3v) is 3.74. The summed E-state index contributed by atoms with van der Waals surface area (Å²) >= 11 is 0. The highest BCUT2D eigenvalue weighted by molar-refractivity contribution is 5.94. The van der Waals surface area contributed by atoms with Gasteiger partial charge in [0.25, 0.3) is 5.91 Å². The zero-order valence-electron chi connectivity index (χ0n) is 14.6. The molecule has 0 aliphatic rings. The molecule has 0 aromatic heterocycles. The summed E-state index contributed by atoms with van der Waals surface area (Å²) in [5.74, 6) is 1.13. The van der Waals surface area contributed by atoms with Crippen LogP contribution in [0, 0.1) is 0 Å². The predicted molar refractivity (Wildman–Crippen MR) is 96.3 cm³/mol. The number of anilines is 1. The van der Waals surface area contributed by atoms with Gasteiger partial charge in [0.1, 0.15) is 11.5 Å². The number of nitrogens with zero attached hydrogens (tertiary/aromatic N) is 1. The van der Waals surface area contributed by atoms with E-state index in [2.05, 4.69) is 5.32 Å². The molecule has 0 bridgehead atoms. The van der Waals surface area contributed by atoms with Gasteiger partial charge in [-0.2, -0.15) is 0 Å². The quantitative estimate of drug-likeness (QED) is 0.839. The lowest BCUT2D eigenvalue weighted by Crippen LogP contribution is -2.37. The second-order valence-electron chi connectivity index (χ2n) is 5.35. The van der Waals surface area contributed by atoms with E-state index in [0.717, 1.165) is 11.4 Å². The van der Waals surface area contributed by atoms with Crippen LogP contribution in [0.1, 0.15) is 17.3 Å². The summed E-state index contributed by atoms with van der Waals surface area (Å²) in [6.45, 7) is 2.22. The van der Waals surface area contributed by atoms with Crippen molar-refractivity contribution in [2.75, 3.05) is 32.2 Å². The Labute approximate surface area is 147 Å². The van der Waals surface area contributed by atoms with Crippen LogP contribution in [0.3, 0.4) is 0 Å². The fourth-order valence-electron chi connectivity index (χ4n) is 2.36. The Bertz CT molecular complexity index is 711. The van der Waals surface area contributed by atoms with Gasteiger partial charge in [-0.25, -0.2) is 0 Å². The van der Waals surface area contributed by atoms with Gasteiger partial charge in [-0.05, 0) is 48.5 Å². The number of hydrogen-bond donors (Lipinski definition) is 1. The van der Waals surface area contributed by atoms with E-state index >= 15 is 0 Å². The molecule has 25 heavy (non-hydrogen) atoms.